The fraction of sp³-hybridized carbons (Fsp3) is 0.571. The van der Waals surface area contributed by atoms with Crippen LogP contribution >= 0.6 is 15.9 Å². The standard InChI is InChI=1S/C14H22BrNO2/c1-10-7-12(15)8-11(9-16)13(10)17-5-6-18-14(2,3)4/h7-8H,5-6,9,16H2,1-4H3. The summed E-state index contributed by atoms with van der Waals surface area (Å²) >= 11 is 3.46. The largest absolute Gasteiger partial charge is 0.491 e. The first kappa shape index (κ1) is 15.5. The highest BCUT2D eigenvalue weighted by molar-refractivity contribution is 9.10. The summed E-state index contributed by atoms with van der Waals surface area (Å²) < 4.78 is 12.4. The van der Waals surface area contributed by atoms with E-state index in [1.165, 1.54) is 0 Å². The second kappa shape index (κ2) is 6.55. The van der Waals surface area contributed by atoms with Crippen molar-refractivity contribution < 1.29 is 9.47 Å². The SMILES string of the molecule is Cc1cc(Br)cc(CN)c1OCCOC(C)(C)C. The molecule has 0 heterocycles. The van der Waals surface area contributed by atoms with Crippen molar-refractivity contribution in [3.63, 3.8) is 0 Å². The Balaban J connectivity index is 2.62. The first-order valence-electron chi connectivity index (χ1n) is 6.09. The van der Waals surface area contributed by atoms with Crippen LogP contribution in [0.4, 0.5) is 0 Å². The van der Waals surface area contributed by atoms with Gasteiger partial charge in [-0.1, -0.05) is 15.9 Å². The molecule has 3 nitrogen and oxygen atoms in total. The number of halogens is 1. The summed E-state index contributed by atoms with van der Waals surface area (Å²) in [5, 5.41) is 0. The second-order valence-corrected chi connectivity index (χ2v) is 6.14. The second-order valence-electron chi connectivity index (χ2n) is 5.22. The van der Waals surface area contributed by atoms with E-state index in [0.717, 1.165) is 21.3 Å². The molecule has 0 aromatic heterocycles. The lowest BCUT2D eigenvalue weighted by Gasteiger charge is -2.20. The topological polar surface area (TPSA) is 44.5 Å². The average molecular weight is 316 g/mol. The molecular formula is C14H22BrNO2. The maximum absolute atomic E-state index is 5.78. The summed E-state index contributed by atoms with van der Waals surface area (Å²) in [7, 11) is 0. The molecular weight excluding hydrogens is 294 g/mol. The third-order valence-corrected chi connectivity index (χ3v) is 2.86. The van der Waals surface area contributed by atoms with E-state index in [1.54, 1.807) is 0 Å². The molecule has 1 rings (SSSR count). The molecule has 102 valence electrons. The van der Waals surface area contributed by atoms with Crippen LogP contribution < -0.4 is 10.5 Å². The predicted octanol–water partition coefficient (Wildman–Crippen LogP) is 3.41. The summed E-state index contributed by atoms with van der Waals surface area (Å²) in [6, 6.07) is 4.02. The van der Waals surface area contributed by atoms with E-state index in [4.69, 9.17) is 15.2 Å². The zero-order valence-electron chi connectivity index (χ0n) is 11.5. The van der Waals surface area contributed by atoms with Gasteiger partial charge in [0, 0.05) is 16.6 Å². The van der Waals surface area contributed by atoms with Crippen molar-refractivity contribution in [2.24, 2.45) is 5.73 Å². The van der Waals surface area contributed by atoms with Gasteiger partial charge in [0.05, 0.1) is 12.2 Å². The monoisotopic (exact) mass is 315 g/mol. The Morgan fingerprint density at radius 2 is 1.89 bits per heavy atom. The molecule has 0 spiro atoms. The Labute approximate surface area is 118 Å². The zero-order chi connectivity index (χ0) is 13.8. The highest BCUT2D eigenvalue weighted by atomic mass is 79.9. The van der Waals surface area contributed by atoms with Crippen LogP contribution in [0.15, 0.2) is 16.6 Å². The van der Waals surface area contributed by atoms with Gasteiger partial charge >= 0.3 is 0 Å². The Bertz CT molecular complexity index is 400. The van der Waals surface area contributed by atoms with Gasteiger partial charge in [0.1, 0.15) is 12.4 Å². The van der Waals surface area contributed by atoms with Gasteiger partial charge in [0.2, 0.25) is 0 Å². The van der Waals surface area contributed by atoms with E-state index in [-0.39, 0.29) is 5.60 Å². The normalized spacial score (nSPS) is 11.7. The molecule has 0 aliphatic rings. The minimum Gasteiger partial charge on any atom is -0.491 e. The molecule has 0 fully saturated rings. The number of benzene rings is 1. The smallest absolute Gasteiger partial charge is 0.126 e. The third-order valence-electron chi connectivity index (χ3n) is 2.40. The van der Waals surface area contributed by atoms with Gasteiger partial charge in [-0.15, -0.1) is 0 Å². The van der Waals surface area contributed by atoms with E-state index in [9.17, 15) is 0 Å². The molecule has 0 amide bonds. The summed E-state index contributed by atoms with van der Waals surface area (Å²) in [5.41, 5.74) is 7.70. The number of aryl methyl sites for hydroxylation is 1. The van der Waals surface area contributed by atoms with Crippen molar-refractivity contribution >= 4 is 15.9 Å². The molecule has 0 bridgehead atoms. The molecule has 2 N–H and O–H groups in total. The Morgan fingerprint density at radius 3 is 2.44 bits per heavy atom. The fourth-order valence-corrected chi connectivity index (χ4v) is 2.27. The number of hydrogen-bond donors (Lipinski definition) is 1. The zero-order valence-corrected chi connectivity index (χ0v) is 13.1. The fourth-order valence-electron chi connectivity index (χ4n) is 1.65. The van der Waals surface area contributed by atoms with Gasteiger partial charge in [0.15, 0.2) is 0 Å². The van der Waals surface area contributed by atoms with E-state index < -0.39 is 0 Å². The van der Waals surface area contributed by atoms with Crippen molar-refractivity contribution in [2.75, 3.05) is 13.2 Å². The van der Waals surface area contributed by atoms with Crippen LogP contribution in [0.3, 0.4) is 0 Å². The third kappa shape index (κ3) is 4.96. The van der Waals surface area contributed by atoms with Crippen LogP contribution in [0.5, 0.6) is 5.75 Å². The van der Waals surface area contributed by atoms with Crippen LogP contribution in [0.2, 0.25) is 0 Å². The van der Waals surface area contributed by atoms with E-state index in [0.29, 0.717) is 19.8 Å². The molecule has 0 saturated carbocycles. The molecule has 1 aromatic rings. The molecule has 0 aliphatic carbocycles. The van der Waals surface area contributed by atoms with Crippen LogP contribution in [-0.4, -0.2) is 18.8 Å². The van der Waals surface area contributed by atoms with E-state index >= 15 is 0 Å². The van der Waals surface area contributed by atoms with Gasteiger partial charge < -0.3 is 15.2 Å². The molecule has 0 saturated heterocycles. The molecule has 1 aromatic carbocycles. The molecule has 0 radical (unpaired) electrons. The van der Waals surface area contributed by atoms with E-state index in [1.807, 2.05) is 39.8 Å². The summed E-state index contributed by atoms with van der Waals surface area (Å²) in [6.45, 7) is 9.69. The Kier molecular flexibility index (Phi) is 5.63. The van der Waals surface area contributed by atoms with E-state index in [2.05, 4.69) is 15.9 Å². The first-order valence-corrected chi connectivity index (χ1v) is 6.88. The van der Waals surface area contributed by atoms with Crippen molar-refractivity contribution in [3.8, 4) is 5.75 Å². The number of rotatable bonds is 5. The number of hydrogen-bond acceptors (Lipinski definition) is 3. The molecule has 18 heavy (non-hydrogen) atoms. The van der Waals surface area contributed by atoms with Gasteiger partial charge in [-0.05, 0) is 45.4 Å². The summed E-state index contributed by atoms with van der Waals surface area (Å²) in [4.78, 5) is 0. The number of ether oxygens (including phenoxy) is 2. The predicted molar refractivity (Wildman–Crippen MR) is 78.0 cm³/mol. The maximum atomic E-state index is 5.78. The average Bonchev–Trinajstić information content (AvgIpc) is 2.24. The van der Waals surface area contributed by atoms with Gasteiger partial charge in [0.25, 0.3) is 0 Å². The summed E-state index contributed by atoms with van der Waals surface area (Å²) in [6.07, 6.45) is 0. The van der Waals surface area contributed by atoms with Gasteiger partial charge in [-0.25, -0.2) is 0 Å². The van der Waals surface area contributed by atoms with Gasteiger partial charge in [-0.3, -0.25) is 0 Å². The summed E-state index contributed by atoms with van der Waals surface area (Å²) in [5.74, 6) is 0.873. The lowest BCUT2D eigenvalue weighted by atomic mass is 10.1. The van der Waals surface area contributed by atoms with Crippen molar-refractivity contribution in [1.82, 2.24) is 0 Å². The van der Waals surface area contributed by atoms with Crippen LogP contribution in [0, 0.1) is 6.92 Å². The van der Waals surface area contributed by atoms with Crippen LogP contribution in [0.1, 0.15) is 31.9 Å². The molecule has 0 unspecified atom stereocenters. The van der Waals surface area contributed by atoms with Crippen LogP contribution in [0.25, 0.3) is 0 Å². The van der Waals surface area contributed by atoms with Crippen molar-refractivity contribution in [1.29, 1.82) is 0 Å². The first-order chi connectivity index (χ1) is 8.33. The minimum absolute atomic E-state index is 0.130. The lowest BCUT2D eigenvalue weighted by molar-refractivity contribution is -0.0164. The van der Waals surface area contributed by atoms with Crippen molar-refractivity contribution in [2.45, 2.75) is 39.8 Å². The number of nitrogens with two attached hydrogens (primary N) is 1. The Morgan fingerprint density at radius 1 is 1.22 bits per heavy atom. The van der Waals surface area contributed by atoms with Crippen LogP contribution in [-0.2, 0) is 11.3 Å². The Hall–Kier alpha value is -0.580. The quantitative estimate of drug-likeness (QED) is 0.847. The van der Waals surface area contributed by atoms with Gasteiger partial charge in [-0.2, -0.15) is 0 Å². The molecule has 4 heteroatoms. The highest BCUT2D eigenvalue weighted by Crippen LogP contribution is 2.27. The highest BCUT2D eigenvalue weighted by Gasteiger charge is 2.11. The van der Waals surface area contributed by atoms with Crippen molar-refractivity contribution in [3.05, 3.63) is 27.7 Å². The molecule has 0 atom stereocenters. The lowest BCUT2D eigenvalue weighted by Crippen LogP contribution is -2.22. The maximum Gasteiger partial charge on any atom is 0.126 e. The minimum atomic E-state index is -0.130. The molecule has 0 aliphatic heterocycles.